The van der Waals surface area contributed by atoms with Crippen LogP contribution in [0, 0.1) is 17.8 Å². The molecule has 2 heteroatoms. The molecule has 3 aliphatic rings. The van der Waals surface area contributed by atoms with Crippen molar-refractivity contribution in [1.82, 2.24) is 5.32 Å². The Morgan fingerprint density at radius 2 is 2.42 bits per heavy atom. The highest BCUT2D eigenvalue weighted by Gasteiger charge is 2.47. The van der Waals surface area contributed by atoms with Gasteiger partial charge in [-0.25, -0.2) is 0 Å². The molecular weight excluding hydrogens is 150 g/mol. The Balaban J connectivity index is 1.94. The minimum atomic E-state index is 0.277. The van der Waals surface area contributed by atoms with E-state index in [1.54, 1.807) is 0 Å². The number of hydrogen-bond donors (Lipinski definition) is 1. The highest BCUT2D eigenvalue weighted by atomic mass is 16.1. The molecule has 3 rings (SSSR count). The van der Waals surface area contributed by atoms with Crippen molar-refractivity contribution in [3.8, 4) is 0 Å². The van der Waals surface area contributed by atoms with Gasteiger partial charge in [-0.2, -0.15) is 0 Å². The second-order valence-corrected chi connectivity index (χ2v) is 4.28. The van der Waals surface area contributed by atoms with Gasteiger partial charge in [-0.3, -0.25) is 4.79 Å². The Kier molecular flexibility index (Phi) is 1.18. The Bertz CT molecular complexity index is 259. The predicted octanol–water partition coefficient (Wildman–Crippen LogP) is 1.09. The van der Waals surface area contributed by atoms with Gasteiger partial charge in [-0.15, -0.1) is 0 Å². The lowest BCUT2D eigenvalue weighted by molar-refractivity contribution is -0.123. The summed E-state index contributed by atoms with van der Waals surface area (Å²) in [6.07, 6.45) is 7.80. The maximum atomic E-state index is 11.2. The zero-order valence-corrected chi connectivity index (χ0v) is 6.99. The zero-order chi connectivity index (χ0) is 8.13. The maximum absolute atomic E-state index is 11.2. The molecule has 0 aromatic rings. The van der Waals surface area contributed by atoms with E-state index < -0.39 is 0 Å². The number of amides is 1. The normalized spacial score (nSPS) is 49.2. The summed E-state index contributed by atoms with van der Waals surface area (Å²) in [6.45, 7) is 0. The van der Waals surface area contributed by atoms with Gasteiger partial charge in [-0.05, 0) is 24.7 Å². The lowest BCUT2D eigenvalue weighted by Crippen LogP contribution is -2.39. The molecule has 1 saturated heterocycles. The number of allylic oxidation sites excluding steroid dienone is 1. The third-order valence-electron chi connectivity index (χ3n) is 3.68. The largest absolute Gasteiger partial charge is 0.353 e. The molecule has 2 aliphatic carbocycles. The molecule has 4 unspecified atom stereocenters. The summed E-state index contributed by atoms with van der Waals surface area (Å²) < 4.78 is 0. The smallest absolute Gasteiger partial charge is 0.220 e. The molecule has 1 heterocycles. The van der Waals surface area contributed by atoms with E-state index in [2.05, 4.69) is 17.5 Å². The first-order valence-electron chi connectivity index (χ1n) is 4.80. The fraction of sp³-hybridized carbons (Fsp3) is 0.700. The standard InChI is InChI=1S/C10H13NO/c12-10-5-6-4-9(11-10)8-3-1-2-7(6)8/h1,3,6-9H,2,4-5H2,(H,11,12). The third-order valence-corrected chi connectivity index (χ3v) is 3.68. The van der Waals surface area contributed by atoms with Crippen molar-refractivity contribution in [2.24, 2.45) is 17.8 Å². The van der Waals surface area contributed by atoms with Crippen LogP contribution in [0.5, 0.6) is 0 Å². The van der Waals surface area contributed by atoms with Crippen LogP contribution in [0.1, 0.15) is 19.3 Å². The van der Waals surface area contributed by atoms with E-state index in [1.165, 1.54) is 12.8 Å². The molecule has 4 atom stereocenters. The Morgan fingerprint density at radius 1 is 1.50 bits per heavy atom. The molecule has 1 saturated carbocycles. The van der Waals surface area contributed by atoms with Crippen molar-refractivity contribution >= 4 is 5.91 Å². The van der Waals surface area contributed by atoms with Gasteiger partial charge >= 0.3 is 0 Å². The van der Waals surface area contributed by atoms with Crippen LogP contribution in [0.25, 0.3) is 0 Å². The fourth-order valence-corrected chi connectivity index (χ4v) is 3.18. The van der Waals surface area contributed by atoms with Gasteiger partial charge in [0.2, 0.25) is 5.91 Å². The van der Waals surface area contributed by atoms with E-state index in [1.807, 2.05) is 0 Å². The summed E-state index contributed by atoms with van der Waals surface area (Å²) in [5.41, 5.74) is 0. The first-order valence-corrected chi connectivity index (χ1v) is 4.80. The minimum Gasteiger partial charge on any atom is -0.353 e. The van der Waals surface area contributed by atoms with Crippen LogP contribution < -0.4 is 5.32 Å². The highest BCUT2D eigenvalue weighted by molar-refractivity contribution is 5.78. The van der Waals surface area contributed by atoms with Crippen molar-refractivity contribution < 1.29 is 4.79 Å². The van der Waals surface area contributed by atoms with Gasteiger partial charge in [0.05, 0.1) is 0 Å². The molecule has 0 spiro atoms. The molecule has 0 radical (unpaired) electrons. The fourth-order valence-electron chi connectivity index (χ4n) is 3.18. The third kappa shape index (κ3) is 0.728. The first-order chi connectivity index (χ1) is 5.84. The maximum Gasteiger partial charge on any atom is 0.220 e. The van der Waals surface area contributed by atoms with Gasteiger partial charge in [-0.1, -0.05) is 12.2 Å². The van der Waals surface area contributed by atoms with E-state index in [0.717, 1.165) is 12.3 Å². The van der Waals surface area contributed by atoms with Crippen LogP contribution in [-0.2, 0) is 4.79 Å². The van der Waals surface area contributed by atoms with Crippen molar-refractivity contribution in [1.29, 1.82) is 0 Å². The number of carbonyl (C=O) groups excluding carboxylic acids is 1. The van der Waals surface area contributed by atoms with E-state index in [9.17, 15) is 4.79 Å². The Morgan fingerprint density at radius 3 is 3.33 bits per heavy atom. The average molecular weight is 163 g/mol. The molecule has 0 aromatic heterocycles. The second kappa shape index (κ2) is 2.12. The molecule has 2 fully saturated rings. The molecule has 1 amide bonds. The van der Waals surface area contributed by atoms with Gasteiger partial charge < -0.3 is 5.32 Å². The molecule has 0 aromatic carbocycles. The molecule has 1 aliphatic heterocycles. The SMILES string of the molecule is O=C1CC2CC(N1)C1C=CCC21. The second-order valence-electron chi connectivity index (χ2n) is 4.28. The van der Waals surface area contributed by atoms with E-state index in [0.29, 0.717) is 17.9 Å². The lowest BCUT2D eigenvalue weighted by atomic mass is 9.89. The average Bonchev–Trinajstić information content (AvgIpc) is 2.56. The van der Waals surface area contributed by atoms with E-state index >= 15 is 0 Å². The topological polar surface area (TPSA) is 29.1 Å². The van der Waals surface area contributed by atoms with Crippen molar-refractivity contribution in [2.75, 3.05) is 0 Å². The lowest BCUT2D eigenvalue weighted by Gasteiger charge is -2.21. The zero-order valence-electron chi connectivity index (χ0n) is 6.99. The van der Waals surface area contributed by atoms with Crippen molar-refractivity contribution in [2.45, 2.75) is 25.3 Å². The van der Waals surface area contributed by atoms with Crippen LogP contribution in [0.2, 0.25) is 0 Å². The number of nitrogens with one attached hydrogen (secondary N) is 1. The van der Waals surface area contributed by atoms with Gasteiger partial charge in [0.15, 0.2) is 0 Å². The van der Waals surface area contributed by atoms with Crippen LogP contribution in [0.3, 0.4) is 0 Å². The number of hydrogen-bond acceptors (Lipinski definition) is 1. The summed E-state index contributed by atoms with van der Waals surface area (Å²) in [7, 11) is 0. The number of piperidine rings is 1. The number of carbonyl (C=O) groups is 1. The summed E-state index contributed by atoms with van der Waals surface area (Å²) in [6, 6.07) is 0.472. The monoisotopic (exact) mass is 163 g/mol. The van der Waals surface area contributed by atoms with Crippen LogP contribution in [0.15, 0.2) is 12.2 Å². The molecular formula is C10H13NO. The summed E-state index contributed by atoms with van der Waals surface area (Å²) >= 11 is 0. The Labute approximate surface area is 72.0 Å². The van der Waals surface area contributed by atoms with Crippen molar-refractivity contribution in [3.05, 3.63) is 12.2 Å². The summed E-state index contributed by atoms with van der Waals surface area (Å²) in [4.78, 5) is 11.2. The quantitative estimate of drug-likeness (QED) is 0.532. The molecule has 1 N–H and O–H groups in total. The van der Waals surface area contributed by atoms with E-state index in [-0.39, 0.29) is 5.91 Å². The first kappa shape index (κ1) is 6.70. The van der Waals surface area contributed by atoms with Crippen molar-refractivity contribution in [3.63, 3.8) is 0 Å². The van der Waals surface area contributed by atoms with Gasteiger partial charge in [0.1, 0.15) is 0 Å². The molecule has 2 nitrogen and oxygen atoms in total. The molecule has 64 valence electrons. The van der Waals surface area contributed by atoms with Gasteiger partial charge in [0.25, 0.3) is 0 Å². The van der Waals surface area contributed by atoms with Crippen LogP contribution in [-0.4, -0.2) is 11.9 Å². The minimum absolute atomic E-state index is 0.277. The summed E-state index contributed by atoms with van der Waals surface area (Å²) in [5.74, 6) is 2.41. The van der Waals surface area contributed by atoms with Gasteiger partial charge in [0, 0.05) is 18.4 Å². The Hall–Kier alpha value is -0.790. The number of fused-ring (bicyclic) bond motifs is 5. The molecule has 12 heavy (non-hydrogen) atoms. The van der Waals surface area contributed by atoms with Crippen LogP contribution in [0.4, 0.5) is 0 Å². The predicted molar refractivity (Wildman–Crippen MR) is 45.4 cm³/mol. The molecule has 2 bridgehead atoms. The summed E-state index contributed by atoms with van der Waals surface area (Å²) in [5, 5.41) is 3.09. The highest BCUT2D eigenvalue weighted by Crippen LogP contribution is 2.47. The van der Waals surface area contributed by atoms with Crippen LogP contribution >= 0.6 is 0 Å². The number of rotatable bonds is 0. The van der Waals surface area contributed by atoms with E-state index in [4.69, 9.17) is 0 Å².